The molecule has 2 atom stereocenters. The van der Waals surface area contributed by atoms with E-state index in [1.807, 2.05) is 33.2 Å². The van der Waals surface area contributed by atoms with Gasteiger partial charge in [-0.2, -0.15) is 0 Å². The lowest BCUT2D eigenvalue weighted by Gasteiger charge is -2.55. The van der Waals surface area contributed by atoms with E-state index in [1.54, 1.807) is 0 Å². The van der Waals surface area contributed by atoms with E-state index in [1.165, 1.54) is 25.0 Å². The van der Waals surface area contributed by atoms with Crippen molar-refractivity contribution in [2.45, 2.75) is 84.2 Å². The Balaban J connectivity index is 1.34. The van der Waals surface area contributed by atoms with E-state index in [9.17, 15) is 9.59 Å². The molecule has 5 heteroatoms. The number of nitrogens with zero attached hydrogens (tertiary/aromatic N) is 1. The van der Waals surface area contributed by atoms with Gasteiger partial charge in [-0.25, -0.2) is 0 Å². The minimum Gasteiger partial charge on any atom is -0.354 e. The van der Waals surface area contributed by atoms with Crippen molar-refractivity contribution in [1.29, 1.82) is 0 Å². The molecule has 5 rings (SSSR count). The normalized spacial score (nSPS) is 31.6. The molecule has 0 spiro atoms. The first-order chi connectivity index (χ1) is 14.3. The summed E-state index contributed by atoms with van der Waals surface area (Å²) in [5.74, 6) is 2.36. The number of hydrogen-bond acceptors (Lipinski definition) is 2. The molecule has 1 heterocycles. The summed E-state index contributed by atoms with van der Waals surface area (Å²) in [6.45, 7) is 6.11. The van der Waals surface area contributed by atoms with Gasteiger partial charge in [-0.3, -0.25) is 9.59 Å². The maximum Gasteiger partial charge on any atom is 0.243 e. The molecule has 0 aromatic carbocycles. The number of carbonyl (C=O) groups excluding carboxylic acids is 2. The molecule has 166 valence electrons. The van der Waals surface area contributed by atoms with Gasteiger partial charge in [-0.1, -0.05) is 13.8 Å². The lowest BCUT2D eigenvalue weighted by atomic mass is 9.49. The van der Waals surface area contributed by atoms with E-state index >= 15 is 0 Å². The van der Waals surface area contributed by atoms with Crippen molar-refractivity contribution in [3.05, 3.63) is 24.0 Å². The first kappa shape index (κ1) is 21.5. The van der Waals surface area contributed by atoms with Crippen LogP contribution in [0.3, 0.4) is 0 Å². The molecule has 4 fully saturated rings. The molecule has 2 N–H and O–H groups in total. The highest BCUT2D eigenvalue weighted by Crippen LogP contribution is 2.60. The number of nitrogens with one attached hydrogen (secondary N) is 2. The monoisotopic (exact) mass is 413 g/mol. The molecule has 4 aliphatic rings. The minimum atomic E-state index is -0.456. The fraction of sp³-hybridized carbons (Fsp3) is 0.760. The average molecular weight is 414 g/mol. The Kier molecular flexibility index (Phi) is 6.00. The van der Waals surface area contributed by atoms with Gasteiger partial charge in [-0.05, 0) is 94.1 Å². The molecule has 4 aliphatic carbocycles. The summed E-state index contributed by atoms with van der Waals surface area (Å²) in [6.07, 6.45) is 10.9. The highest BCUT2D eigenvalue weighted by Gasteiger charge is 2.55. The molecular weight excluding hydrogens is 374 g/mol. The van der Waals surface area contributed by atoms with Crippen LogP contribution >= 0.6 is 0 Å². The van der Waals surface area contributed by atoms with Crippen LogP contribution in [0.4, 0.5) is 0 Å². The van der Waals surface area contributed by atoms with Crippen LogP contribution in [0.5, 0.6) is 0 Å². The first-order valence-electron chi connectivity index (χ1n) is 12.0. The smallest absolute Gasteiger partial charge is 0.243 e. The van der Waals surface area contributed by atoms with E-state index in [4.69, 9.17) is 0 Å². The Labute approximate surface area is 181 Å². The third kappa shape index (κ3) is 4.31. The third-order valence-electron chi connectivity index (χ3n) is 8.03. The predicted molar refractivity (Wildman–Crippen MR) is 119 cm³/mol. The number of rotatable bonds is 8. The van der Waals surface area contributed by atoms with Crippen LogP contribution in [0.2, 0.25) is 0 Å². The van der Waals surface area contributed by atoms with Gasteiger partial charge in [0.15, 0.2) is 0 Å². The van der Waals surface area contributed by atoms with Crippen molar-refractivity contribution in [2.75, 3.05) is 0 Å². The topological polar surface area (TPSA) is 63.1 Å². The summed E-state index contributed by atoms with van der Waals surface area (Å²) in [6, 6.07) is 3.79. The minimum absolute atomic E-state index is 0.0394. The van der Waals surface area contributed by atoms with Gasteiger partial charge in [0.05, 0.1) is 0 Å². The van der Waals surface area contributed by atoms with E-state index < -0.39 is 6.04 Å². The Hall–Kier alpha value is -1.78. The van der Waals surface area contributed by atoms with E-state index in [-0.39, 0.29) is 29.2 Å². The van der Waals surface area contributed by atoms with Gasteiger partial charge in [0.25, 0.3) is 0 Å². The lowest BCUT2D eigenvalue weighted by Crippen LogP contribution is -2.59. The summed E-state index contributed by atoms with van der Waals surface area (Å²) in [5.41, 5.74) is 1.06. The maximum atomic E-state index is 13.4. The summed E-state index contributed by atoms with van der Waals surface area (Å²) in [4.78, 5) is 26.5. The fourth-order valence-electron chi connectivity index (χ4n) is 6.74. The molecule has 1 aromatic heterocycles. The molecule has 0 saturated heterocycles. The van der Waals surface area contributed by atoms with Crippen molar-refractivity contribution in [1.82, 2.24) is 15.2 Å². The SMILES string of the molecule is CC(C)[C@@H](NC(=O)C12CC3CC(CC(C3)C1)C2)C(=O)N[C@@H](C)CCc1cccn1C. The third-order valence-corrected chi connectivity index (χ3v) is 8.03. The zero-order valence-electron chi connectivity index (χ0n) is 19.1. The van der Waals surface area contributed by atoms with E-state index in [0.717, 1.165) is 49.9 Å². The van der Waals surface area contributed by atoms with Crippen LogP contribution in [0, 0.1) is 29.1 Å². The molecular formula is C25H39N3O2. The van der Waals surface area contributed by atoms with Gasteiger partial charge >= 0.3 is 0 Å². The predicted octanol–water partition coefficient (Wildman–Crippen LogP) is 3.82. The Morgan fingerprint density at radius 1 is 1.07 bits per heavy atom. The van der Waals surface area contributed by atoms with E-state index in [0.29, 0.717) is 0 Å². The number of aryl methyl sites for hydroxylation is 2. The molecule has 1 aromatic rings. The van der Waals surface area contributed by atoms with Crippen molar-refractivity contribution in [2.24, 2.45) is 36.1 Å². The first-order valence-corrected chi connectivity index (χ1v) is 12.0. The molecule has 0 aliphatic heterocycles. The summed E-state index contributed by atoms with van der Waals surface area (Å²) >= 11 is 0. The van der Waals surface area contributed by atoms with Gasteiger partial charge in [0.1, 0.15) is 6.04 Å². The quantitative estimate of drug-likeness (QED) is 0.680. The lowest BCUT2D eigenvalue weighted by molar-refractivity contribution is -0.149. The molecule has 30 heavy (non-hydrogen) atoms. The largest absolute Gasteiger partial charge is 0.354 e. The van der Waals surface area contributed by atoms with Gasteiger partial charge in [0.2, 0.25) is 11.8 Å². The van der Waals surface area contributed by atoms with Crippen LogP contribution in [0.25, 0.3) is 0 Å². The average Bonchev–Trinajstić information content (AvgIpc) is 3.07. The molecule has 4 saturated carbocycles. The van der Waals surface area contributed by atoms with Crippen LogP contribution in [0.1, 0.15) is 71.4 Å². The number of carbonyl (C=O) groups is 2. The molecule has 0 unspecified atom stereocenters. The standard InChI is InChI=1S/C25H39N3O2/c1-16(2)22(23(29)26-17(3)7-8-21-6-5-9-28(21)4)27-24(30)25-13-18-10-19(14-25)12-20(11-18)15-25/h5-6,9,16-20,22H,7-8,10-15H2,1-4H3,(H,26,29)(H,27,30)/t17-,18?,19?,20?,22+,25?/m0/s1. The Morgan fingerprint density at radius 2 is 1.67 bits per heavy atom. The number of amides is 2. The molecule has 5 nitrogen and oxygen atoms in total. The summed E-state index contributed by atoms with van der Waals surface area (Å²) in [7, 11) is 2.05. The molecule has 4 bridgehead atoms. The van der Waals surface area contributed by atoms with Crippen LogP contribution in [-0.4, -0.2) is 28.5 Å². The van der Waals surface area contributed by atoms with Gasteiger partial charge in [0, 0.05) is 30.4 Å². The summed E-state index contributed by atoms with van der Waals surface area (Å²) in [5, 5.41) is 6.36. The fourth-order valence-corrected chi connectivity index (χ4v) is 6.74. The maximum absolute atomic E-state index is 13.4. The Morgan fingerprint density at radius 3 is 2.17 bits per heavy atom. The zero-order valence-corrected chi connectivity index (χ0v) is 19.1. The van der Waals surface area contributed by atoms with Crippen molar-refractivity contribution < 1.29 is 9.59 Å². The number of hydrogen-bond donors (Lipinski definition) is 2. The van der Waals surface area contributed by atoms with Gasteiger partial charge in [-0.15, -0.1) is 0 Å². The second-order valence-electron chi connectivity index (χ2n) is 11.0. The Bertz CT molecular complexity index is 746. The van der Waals surface area contributed by atoms with Crippen LogP contribution < -0.4 is 10.6 Å². The summed E-state index contributed by atoms with van der Waals surface area (Å²) < 4.78 is 2.12. The molecule has 0 radical (unpaired) electrons. The molecule has 2 amide bonds. The second kappa shape index (κ2) is 8.39. The van der Waals surface area contributed by atoms with Crippen molar-refractivity contribution in [3.63, 3.8) is 0 Å². The van der Waals surface area contributed by atoms with Crippen molar-refractivity contribution in [3.8, 4) is 0 Å². The zero-order chi connectivity index (χ0) is 21.5. The van der Waals surface area contributed by atoms with Crippen molar-refractivity contribution >= 4 is 11.8 Å². The number of aromatic nitrogens is 1. The highest BCUT2D eigenvalue weighted by molar-refractivity contribution is 5.90. The van der Waals surface area contributed by atoms with E-state index in [2.05, 4.69) is 28.2 Å². The van der Waals surface area contributed by atoms with Crippen LogP contribution in [0.15, 0.2) is 18.3 Å². The highest BCUT2D eigenvalue weighted by atomic mass is 16.2. The second-order valence-corrected chi connectivity index (χ2v) is 11.0. The van der Waals surface area contributed by atoms with Gasteiger partial charge < -0.3 is 15.2 Å². The van der Waals surface area contributed by atoms with Crippen LogP contribution in [-0.2, 0) is 23.1 Å².